The van der Waals surface area contributed by atoms with Gasteiger partial charge in [-0.3, -0.25) is 9.59 Å². The van der Waals surface area contributed by atoms with Crippen LogP contribution in [-0.2, 0) is 6.54 Å². The van der Waals surface area contributed by atoms with Gasteiger partial charge in [0.05, 0.1) is 11.0 Å². The SMILES string of the molecule is O=Cc1cc(Br)c(=O)n(Cc2c(F)cccc2Cl)c1. The Kier molecular flexibility index (Phi) is 4.17. The number of halogens is 3. The Bertz CT molecular complexity index is 679. The molecule has 19 heavy (non-hydrogen) atoms. The minimum absolute atomic E-state index is 0.0371. The first-order chi connectivity index (χ1) is 9.02. The maximum atomic E-state index is 13.7. The van der Waals surface area contributed by atoms with Gasteiger partial charge in [0.2, 0.25) is 0 Å². The Hall–Kier alpha value is -1.46. The zero-order valence-corrected chi connectivity index (χ0v) is 11.9. The number of aromatic nitrogens is 1. The van der Waals surface area contributed by atoms with Gasteiger partial charge in [0.15, 0.2) is 6.29 Å². The number of carbonyl (C=O) groups is 1. The lowest BCUT2D eigenvalue weighted by Crippen LogP contribution is -2.22. The van der Waals surface area contributed by atoms with E-state index in [-0.39, 0.29) is 27.2 Å². The van der Waals surface area contributed by atoms with Gasteiger partial charge in [-0.25, -0.2) is 4.39 Å². The summed E-state index contributed by atoms with van der Waals surface area (Å²) in [6.45, 7) is -0.0371. The number of nitrogens with zero attached hydrogens (tertiary/aromatic N) is 1. The summed E-state index contributed by atoms with van der Waals surface area (Å²) in [6, 6.07) is 5.71. The topological polar surface area (TPSA) is 39.1 Å². The molecule has 6 heteroatoms. The van der Waals surface area contributed by atoms with Crippen LogP contribution >= 0.6 is 27.5 Å². The van der Waals surface area contributed by atoms with Crippen LogP contribution in [0.25, 0.3) is 0 Å². The van der Waals surface area contributed by atoms with Crippen molar-refractivity contribution in [2.45, 2.75) is 6.54 Å². The molecule has 2 aromatic rings. The van der Waals surface area contributed by atoms with Crippen molar-refractivity contribution in [3.05, 3.63) is 67.3 Å². The van der Waals surface area contributed by atoms with E-state index in [9.17, 15) is 14.0 Å². The van der Waals surface area contributed by atoms with Crippen molar-refractivity contribution in [3.63, 3.8) is 0 Å². The Balaban J connectivity index is 2.52. The van der Waals surface area contributed by atoms with E-state index in [1.807, 2.05) is 0 Å². The summed E-state index contributed by atoms with van der Waals surface area (Å²) >= 11 is 8.98. The fourth-order valence-corrected chi connectivity index (χ4v) is 2.37. The predicted molar refractivity (Wildman–Crippen MR) is 74.3 cm³/mol. The van der Waals surface area contributed by atoms with Gasteiger partial charge in [-0.2, -0.15) is 0 Å². The van der Waals surface area contributed by atoms with E-state index in [0.29, 0.717) is 11.8 Å². The summed E-state index contributed by atoms with van der Waals surface area (Å²) in [4.78, 5) is 22.7. The monoisotopic (exact) mass is 343 g/mol. The van der Waals surface area contributed by atoms with Crippen molar-refractivity contribution in [2.75, 3.05) is 0 Å². The van der Waals surface area contributed by atoms with E-state index in [1.54, 1.807) is 6.07 Å². The van der Waals surface area contributed by atoms with Crippen LogP contribution in [0.5, 0.6) is 0 Å². The van der Waals surface area contributed by atoms with Crippen LogP contribution in [0.3, 0.4) is 0 Å². The van der Waals surface area contributed by atoms with Gasteiger partial charge in [-0.1, -0.05) is 17.7 Å². The average molecular weight is 345 g/mol. The molecule has 1 aromatic heterocycles. The van der Waals surface area contributed by atoms with Crippen LogP contribution in [0.4, 0.5) is 4.39 Å². The van der Waals surface area contributed by atoms with Gasteiger partial charge >= 0.3 is 0 Å². The van der Waals surface area contributed by atoms with E-state index in [1.165, 1.54) is 29.0 Å². The molecule has 0 unspecified atom stereocenters. The molecule has 0 atom stereocenters. The quantitative estimate of drug-likeness (QED) is 0.802. The van der Waals surface area contributed by atoms with Crippen molar-refractivity contribution in [3.8, 4) is 0 Å². The molecule has 0 aliphatic carbocycles. The molecular formula is C13H8BrClFNO2. The lowest BCUT2D eigenvalue weighted by molar-refractivity contribution is 0.112. The first-order valence-corrected chi connectivity index (χ1v) is 6.48. The number of pyridine rings is 1. The lowest BCUT2D eigenvalue weighted by Gasteiger charge is -2.09. The highest BCUT2D eigenvalue weighted by Crippen LogP contribution is 2.20. The molecule has 1 heterocycles. The maximum absolute atomic E-state index is 13.7. The van der Waals surface area contributed by atoms with Crippen molar-refractivity contribution >= 4 is 33.8 Å². The number of hydrogen-bond donors (Lipinski definition) is 0. The van der Waals surface area contributed by atoms with Crippen LogP contribution in [0, 0.1) is 5.82 Å². The second-order valence-corrected chi connectivity index (χ2v) is 5.13. The minimum atomic E-state index is -0.493. The summed E-state index contributed by atoms with van der Waals surface area (Å²) in [5.41, 5.74) is 0.171. The molecule has 0 bridgehead atoms. The van der Waals surface area contributed by atoms with E-state index in [2.05, 4.69) is 15.9 Å². The Morgan fingerprint density at radius 1 is 1.42 bits per heavy atom. The highest BCUT2D eigenvalue weighted by atomic mass is 79.9. The third kappa shape index (κ3) is 2.93. The van der Waals surface area contributed by atoms with E-state index >= 15 is 0 Å². The third-order valence-corrected chi connectivity index (χ3v) is 3.51. The normalized spacial score (nSPS) is 10.5. The lowest BCUT2D eigenvalue weighted by atomic mass is 10.2. The smallest absolute Gasteiger partial charge is 0.265 e. The molecule has 0 saturated carbocycles. The second-order valence-electron chi connectivity index (χ2n) is 3.87. The molecule has 1 aromatic carbocycles. The highest BCUT2D eigenvalue weighted by Gasteiger charge is 2.10. The molecule has 98 valence electrons. The molecule has 0 aliphatic heterocycles. The number of benzene rings is 1. The van der Waals surface area contributed by atoms with Crippen molar-refractivity contribution < 1.29 is 9.18 Å². The number of carbonyl (C=O) groups excluding carboxylic acids is 1. The Morgan fingerprint density at radius 2 is 2.16 bits per heavy atom. The average Bonchev–Trinajstić information content (AvgIpc) is 2.38. The molecule has 0 spiro atoms. The van der Waals surface area contributed by atoms with Gasteiger partial charge in [0.25, 0.3) is 5.56 Å². The van der Waals surface area contributed by atoms with Crippen LogP contribution in [-0.4, -0.2) is 10.9 Å². The standard InChI is InChI=1S/C13H8BrClFNO2/c14-10-4-8(7-18)5-17(13(10)19)6-9-11(15)2-1-3-12(9)16/h1-5,7H,6H2. The first kappa shape index (κ1) is 14.0. The molecule has 0 aliphatic rings. The fourth-order valence-electron chi connectivity index (χ4n) is 1.66. The molecule has 0 fully saturated rings. The third-order valence-electron chi connectivity index (χ3n) is 2.59. The van der Waals surface area contributed by atoms with Crippen LogP contribution in [0.2, 0.25) is 5.02 Å². The largest absolute Gasteiger partial charge is 0.309 e. The van der Waals surface area contributed by atoms with Gasteiger partial charge < -0.3 is 4.57 Å². The molecule has 0 N–H and O–H groups in total. The fraction of sp³-hybridized carbons (Fsp3) is 0.0769. The van der Waals surface area contributed by atoms with Crippen LogP contribution in [0.15, 0.2) is 39.7 Å². The molecule has 0 radical (unpaired) electrons. The number of rotatable bonds is 3. The van der Waals surface area contributed by atoms with E-state index < -0.39 is 5.82 Å². The summed E-state index contributed by atoms with van der Waals surface area (Å²) in [6.07, 6.45) is 1.98. The molecule has 3 nitrogen and oxygen atoms in total. The zero-order valence-electron chi connectivity index (χ0n) is 9.57. The second kappa shape index (κ2) is 5.67. The van der Waals surface area contributed by atoms with Crippen molar-refractivity contribution in [2.24, 2.45) is 0 Å². The summed E-state index contributed by atoms with van der Waals surface area (Å²) in [5, 5.41) is 0.236. The zero-order chi connectivity index (χ0) is 14.0. The highest BCUT2D eigenvalue weighted by molar-refractivity contribution is 9.10. The van der Waals surface area contributed by atoms with Crippen LogP contribution < -0.4 is 5.56 Å². The van der Waals surface area contributed by atoms with Gasteiger partial charge in [0, 0.05) is 22.3 Å². The summed E-state index contributed by atoms with van der Waals surface area (Å²) in [5.74, 6) is -0.493. The maximum Gasteiger partial charge on any atom is 0.265 e. The molecule has 0 amide bonds. The van der Waals surface area contributed by atoms with Gasteiger partial charge in [-0.15, -0.1) is 0 Å². The summed E-state index contributed by atoms with van der Waals surface area (Å²) in [7, 11) is 0. The predicted octanol–water partition coefficient (Wildman–Crippen LogP) is 3.26. The Labute approximate surface area is 121 Å². The molecule has 0 saturated heterocycles. The summed E-state index contributed by atoms with van der Waals surface area (Å²) < 4.78 is 15.1. The van der Waals surface area contributed by atoms with E-state index in [0.717, 1.165) is 0 Å². The minimum Gasteiger partial charge on any atom is -0.309 e. The van der Waals surface area contributed by atoms with Gasteiger partial charge in [-0.05, 0) is 34.1 Å². The van der Waals surface area contributed by atoms with Crippen molar-refractivity contribution in [1.82, 2.24) is 4.57 Å². The number of hydrogen-bond acceptors (Lipinski definition) is 2. The van der Waals surface area contributed by atoms with Crippen molar-refractivity contribution in [1.29, 1.82) is 0 Å². The Morgan fingerprint density at radius 3 is 2.79 bits per heavy atom. The van der Waals surface area contributed by atoms with Gasteiger partial charge in [0.1, 0.15) is 5.82 Å². The first-order valence-electron chi connectivity index (χ1n) is 5.31. The molecule has 2 rings (SSSR count). The van der Waals surface area contributed by atoms with Crippen LogP contribution in [0.1, 0.15) is 15.9 Å². The molecular weight excluding hydrogens is 337 g/mol. The van der Waals surface area contributed by atoms with E-state index in [4.69, 9.17) is 11.6 Å². The number of aldehydes is 1.